The van der Waals surface area contributed by atoms with E-state index in [2.05, 4.69) is 36.4 Å². The molecule has 4 aromatic rings. The number of fused-ring (bicyclic) bond motifs is 3. The van der Waals surface area contributed by atoms with Crippen molar-refractivity contribution in [2.24, 2.45) is 0 Å². The summed E-state index contributed by atoms with van der Waals surface area (Å²) >= 11 is 0. The maximum atomic E-state index is 10.3. The van der Waals surface area contributed by atoms with Crippen molar-refractivity contribution in [2.75, 3.05) is 0 Å². The number of rotatable bonds is 5. The predicted molar refractivity (Wildman–Crippen MR) is 117 cm³/mol. The first-order valence-electron chi connectivity index (χ1n) is 9.62. The van der Waals surface area contributed by atoms with Crippen LogP contribution >= 0.6 is 0 Å². The van der Waals surface area contributed by atoms with Crippen LogP contribution in [0.3, 0.4) is 0 Å². The fourth-order valence-corrected chi connectivity index (χ4v) is 3.26. The number of furan rings is 1. The van der Waals surface area contributed by atoms with E-state index in [-0.39, 0.29) is 0 Å². The number of aliphatic hydroxyl groups is 1. The molecule has 0 unspecified atom stereocenters. The molecule has 1 heterocycles. The summed E-state index contributed by atoms with van der Waals surface area (Å²) in [6.45, 7) is 7.36. The minimum Gasteiger partial charge on any atom is -0.456 e. The normalized spacial score (nSPS) is 12.6. The Morgan fingerprint density at radius 3 is 2.32 bits per heavy atom. The highest BCUT2D eigenvalue weighted by Crippen LogP contribution is 2.36. The maximum absolute atomic E-state index is 10.3. The van der Waals surface area contributed by atoms with Gasteiger partial charge in [-0.05, 0) is 51.0 Å². The van der Waals surface area contributed by atoms with Crippen molar-refractivity contribution in [1.82, 2.24) is 0 Å². The standard InChI is InChI=1S/C24H25BO3/c1-23(2,26)24(3,4)28-25-17-13-14-20-19(15-17)22-18(11-8-12-21(22)27-20)16-9-6-5-7-10-16/h5-15,25-26H,1-4H3. The third kappa shape index (κ3) is 3.34. The van der Waals surface area contributed by atoms with Crippen LogP contribution in [0.4, 0.5) is 0 Å². The molecule has 3 nitrogen and oxygen atoms in total. The van der Waals surface area contributed by atoms with Gasteiger partial charge in [0.1, 0.15) is 11.2 Å². The van der Waals surface area contributed by atoms with E-state index in [9.17, 15) is 5.11 Å². The van der Waals surface area contributed by atoms with E-state index in [1.165, 1.54) is 5.56 Å². The molecule has 0 amide bonds. The van der Waals surface area contributed by atoms with E-state index >= 15 is 0 Å². The molecular weight excluding hydrogens is 347 g/mol. The van der Waals surface area contributed by atoms with Crippen molar-refractivity contribution in [3.8, 4) is 11.1 Å². The molecule has 0 bridgehead atoms. The molecule has 0 aliphatic heterocycles. The molecule has 0 aliphatic rings. The lowest BCUT2D eigenvalue weighted by atomic mass is 9.82. The summed E-state index contributed by atoms with van der Waals surface area (Å²) in [4.78, 5) is 0. The van der Waals surface area contributed by atoms with Gasteiger partial charge in [0.2, 0.25) is 0 Å². The van der Waals surface area contributed by atoms with Crippen molar-refractivity contribution in [3.63, 3.8) is 0 Å². The molecule has 142 valence electrons. The summed E-state index contributed by atoms with van der Waals surface area (Å²) < 4.78 is 12.1. The lowest BCUT2D eigenvalue weighted by Crippen LogP contribution is -2.49. The highest BCUT2D eigenvalue weighted by atomic mass is 16.5. The Morgan fingerprint density at radius 1 is 0.857 bits per heavy atom. The van der Waals surface area contributed by atoms with E-state index in [0.29, 0.717) is 7.48 Å². The van der Waals surface area contributed by atoms with Crippen molar-refractivity contribution in [1.29, 1.82) is 0 Å². The number of hydrogen-bond donors (Lipinski definition) is 1. The van der Waals surface area contributed by atoms with Crippen LogP contribution in [0.1, 0.15) is 27.7 Å². The lowest BCUT2D eigenvalue weighted by molar-refractivity contribution is -0.0893. The molecule has 0 fully saturated rings. The van der Waals surface area contributed by atoms with Gasteiger partial charge in [0.05, 0.1) is 11.2 Å². The molecular formula is C24H25BO3. The van der Waals surface area contributed by atoms with Gasteiger partial charge in [0, 0.05) is 10.8 Å². The minimum absolute atomic E-state index is 0.424. The van der Waals surface area contributed by atoms with Gasteiger partial charge in [-0.2, -0.15) is 0 Å². The van der Waals surface area contributed by atoms with Crippen LogP contribution in [0.2, 0.25) is 0 Å². The molecule has 0 saturated heterocycles. The van der Waals surface area contributed by atoms with Crippen LogP contribution in [0.25, 0.3) is 33.1 Å². The second-order valence-corrected chi connectivity index (χ2v) is 8.34. The molecule has 0 atom stereocenters. The fourth-order valence-electron chi connectivity index (χ4n) is 3.26. The highest BCUT2D eigenvalue weighted by molar-refractivity contribution is 6.47. The quantitative estimate of drug-likeness (QED) is 0.512. The van der Waals surface area contributed by atoms with Gasteiger partial charge in [0.25, 0.3) is 0 Å². The minimum atomic E-state index is -0.931. The first-order valence-corrected chi connectivity index (χ1v) is 9.62. The van der Waals surface area contributed by atoms with Crippen molar-refractivity contribution < 1.29 is 14.2 Å². The zero-order valence-corrected chi connectivity index (χ0v) is 16.8. The average molecular weight is 372 g/mol. The Kier molecular flexibility index (Phi) is 4.57. The molecule has 0 radical (unpaired) electrons. The summed E-state index contributed by atoms with van der Waals surface area (Å²) in [5.41, 5.74) is 3.54. The lowest BCUT2D eigenvalue weighted by Gasteiger charge is -2.37. The topological polar surface area (TPSA) is 42.6 Å². The van der Waals surface area contributed by atoms with E-state index in [1.807, 2.05) is 44.2 Å². The van der Waals surface area contributed by atoms with Gasteiger partial charge in [0.15, 0.2) is 0 Å². The zero-order chi connectivity index (χ0) is 19.9. The highest BCUT2D eigenvalue weighted by Gasteiger charge is 2.35. The van der Waals surface area contributed by atoms with Gasteiger partial charge in [-0.3, -0.25) is 0 Å². The number of hydrogen-bond acceptors (Lipinski definition) is 3. The third-order valence-corrected chi connectivity index (χ3v) is 5.72. The predicted octanol–water partition coefficient (Wildman–Crippen LogP) is 4.80. The molecule has 3 aromatic carbocycles. The summed E-state index contributed by atoms with van der Waals surface area (Å²) in [7, 11) is 0.424. The second-order valence-electron chi connectivity index (χ2n) is 8.34. The SMILES string of the molecule is CC(C)(O)C(C)(C)OBc1ccc2oc3cccc(-c4ccccc4)c3c2c1. The summed E-state index contributed by atoms with van der Waals surface area (Å²) in [6.07, 6.45) is 0. The van der Waals surface area contributed by atoms with Crippen LogP contribution in [-0.4, -0.2) is 23.8 Å². The van der Waals surface area contributed by atoms with Crippen LogP contribution < -0.4 is 5.46 Å². The van der Waals surface area contributed by atoms with Crippen LogP contribution in [0.5, 0.6) is 0 Å². The maximum Gasteiger partial charge on any atom is 0.309 e. The van der Waals surface area contributed by atoms with E-state index in [4.69, 9.17) is 9.07 Å². The smallest absolute Gasteiger partial charge is 0.309 e. The van der Waals surface area contributed by atoms with Crippen LogP contribution in [0, 0.1) is 0 Å². The monoisotopic (exact) mass is 372 g/mol. The van der Waals surface area contributed by atoms with Gasteiger partial charge in [-0.25, -0.2) is 0 Å². The first-order chi connectivity index (χ1) is 13.3. The summed E-state index contributed by atoms with van der Waals surface area (Å²) in [5, 5.41) is 12.5. The zero-order valence-electron chi connectivity index (χ0n) is 16.8. The largest absolute Gasteiger partial charge is 0.456 e. The Bertz CT molecular complexity index is 1120. The summed E-state index contributed by atoms with van der Waals surface area (Å²) in [5.74, 6) is 0. The fraction of sp³-hybridized carbons (Fsp3) is 0.250. The van der Waals surface area contributed by atoms with Crippen molar-refractivity contribution in [2.45, 2.75) is 38.9 Å². The average Bonchev–Trinajstić information content (AvgIpc) is 3.04. The molecule has 1 aromatic heterocycles. The Labute approximate surface area is 166 Å². The van der Waals surface area contributed by atoms with Crippen LogP contribution in [0.15, 0.2) is 71.1 Å². The Hall–Kier alpha value is -2.56. The third-order valence-electron chi connectivity index (χ3n) is 5.72. The van der Waals surface area contributed by atoms with Crippen molar-refractivity contribution >= 4 is 34.9 Å². The second kappa shape index (κ2) is 6.80. The van der Waals surface area contributed by atoms with Crippen LogP contribution in [-0.2, 0) is 4.65 Å². The summed E-state index contributed by atoms with van der Waals surface area (Å²) in [6, 6.07) is 22.7. The molecule has 0 saturated carbocycles. The van der Waals surface area contributed by atoms with E-state index < -0.39 is 11.2 Å². The molecule has 1 N–H and O–H groups in total. The molecule has 4 heteroatoms. The van der Waals surface area contributed by atoms with E-state index in [0.717, 1.165) is 33.0 Å². The van der Waals surface area contributed by atoms with Gasteiger partial charge < -0.3 is 14.2 Å². The first kappa shape index (κ1) is 18.8. The molecule has 0 spiro atoms. The molecule has 28 heavy (non-hydrogen) atoms. The van der Waals surface area contributed by atoms with Gasteiger partial charge in [-0.1, -0.05) is 60.1 Å². The van der Waals surface area contributed by atoms with E-state index in [1.54, 1.807) is 13.8 Å². The molecule has 0 aliphatic carbocycles. The number of benzene rings is 3. The van der Waals surface area contributed by atoms with Gasteiger partial charge in [-0.15, -0.1) is 0 Å². The van der Waals surface area contributed by atoms with Gasteiger partial charge >= 0.3 is 7.48 Å². The molecule has 4 rings (SSSR count). The Balaban J connectivity index is 1.78. The Morgan fingerprint density at radius 2 is 1.61 bits per heavy atom. The van der Waals surface area contributed by atoms with Crippen molar-refractivity contribution in [3.05, 3.63) is 66.7 Å².